The fourth-order valence-electron chi connectivity index (χ4n) is 0.763. The third kappa shape index (κ3) is 9.27. The topological polar surface area (TPSA) is 47.6 Å². The number of carbonyl (C=O) groups is 1. The van der Waals surface area contributed by atoms with E-state index in [-0.39, 0.29) is 30.5 Å². The second-order valence-electron chi connectivity index (χ2n) is 4.02. The Labute approximate surface area is 112 Å². The van der Waals surface area contributed by atoms with Gasteiger partial charge in [-0.25, -0.2) is 4.79 Å². The van der Waals surface area contributed by atoms with E-state index in [2.05, 4.69) is 21.2 Å². The minimum Gasteiger partial charge on any atom is -0.444 e. The molecule has 0 aromatic carbocycles. The Bertz CT molecular complexity index is 196. The van der Waals surface area contributed by atoms with E-state index >= 15 is 0 Å². The van der Waals surface area contributed by atoms with Gasteiger partial charge in [0.1, 0.15) is 10.6 Å². The average Bonchev–Trinajstić information content (AvgIpc) is 1.99. The summed E-state index contributed by atoms with van der Waals surface area (Å²) in [4.78, 5) is 11.3. The van der Waals surface area contributed by atoms with Gasteiger partial charge in [-0.2, -0.15) is 0 Å². The van der Waals surface area contributed by atoms with Gasteiger partial charge in [0.05, 0.1) is 6.04 Å². The van der Waals surface area contributed by atoms with Crippen molar-refractivity contribution >= 4 is 22.0 Å². The second kappa shape index (κ2) is 7.58. The first kappa shape index (κ1) is 17.7. The fraction of sp³-hybridized carbons (Fsp3) is 0.889. The van der Waals surface area contributed by atoms with E-state index in [1.54, 1.807) is 7.11 Å². The van der Waals surface area contributed by atoms with Gasteiger partial charge in [-0.1, -0.05) is 15.9 Å². The molecule has 0 aliphatic heterocycles. The van der Waals surface area contributed by atoms with Gasteiger partial charge in [-0.15, -0.1) is 0 Å². The van der Waals surface area contributed by atoms with Crippen molar-refractivity contribution in [3.05, 3.63) is 0 Å². The number of amides is 1. The first-order chi connectivity index (χ1) is 6.26. The third-order valence-electron chi connectivity index (χ3n) is 1.36. The van der Waals surface area contributed by atoms with Crippen molar-refractivity contribution in [1.82, 2.24) is 5.32 Å². The molecule has 2 atom stereocenters. The summed E-state index contributed by atoms with van der Waals surface area (Å²) >= 11 is 3.26. The predicted octanol–water partition coefficient (Wildman–Crippen LogP) is 2.26. The Morgan fingerprint density at radius 3 is 2.20 bits per heavy atom. The minimum absolute atomic E-state index is 0. The SMILES string of the molecule is COC(Br)[C@H](C)NC(=O)OC(C)(C)C.[Zn]. The molecule has 0 fully saturated rings. The maximum atomic E-state index is 11.3. The number of methoxy groups -OCH3 is 1. The largest absolute Gasteiger partial charge is 0.444 e. The smallest absolute Gasteiger partial charge is 0.407 e. The first-order valence-corrected chi connectivity index (χ1v) is 5.34. The molecule has 1 N–H and O–H groups in total. The normalized spacial score (nSPS) is 14.8. The zero-order valence-electron chi connectivity index (χ0n) is 9.96. The van der Waals surface area contributed by atoms with Crippen LogP contribution in [0.3, 0.4) is 0 Å². The molecular formula is C9H18BrNO3Zn. The van der Waals surface area contributed by atoms with Gasteiger partial charge in [0, 0.05) is 26.6 Å². The van der Waals surface area contributed by atoms with Crippen LogP contribution in [0.5, 0.6) is 0 Å². The summed E-state index contributed by atoms with van der Waals surface area (Å²) in [5, 5.41) is 2.44. The summed E-state index contributed by atoms with van der Waals surface area (Å²) in [6, 6.07) is -0.144. The van der Waals surface area contributed by atoms with E-state index in [0.29, 0.717) is 0 Å². The number of halogens is 1. The van der Waals surface area contributed by atoms with Gasteiger partial charge in [0.15, 0.2) is 0 Å². The molecule has 0 saturated carbocycles. The van der Waals surface area contributed by atoms with Gasteiger partial charge < -0.3 is 14.8 Å². The van der Waals surface area contributed by atoms with Crippen molar-refractivity contribution in [2.24, 2.45) is 0 Å². The summed E-state index contributed by atoms with van der Waals surface area (Å²) in [6.45, 7) is 7.28. The summed E-state index contributed by atoms with van der Waals surface area (Å²) in [7, 11) is 1.56. The monoisotopic (exact) mass is 331 g/mol. The second-order valence-corrected chi connectivity index (χ2v) is 4.92. The molecule has 0 saturated heterocycles. The Kier molecular flexibility index (Phi) is 8.96. The van der Waals surface area contributed by atoms with Crippen molar-refractivity contribution in [3.8, 4) is 0 Å². The Balaban J connectivity index is 0. The molecule has 0 rings (SSSR count). The van der Waals surface area contributed by atoms with E-state index in [1.165, 1.54) is 0 Å². The summed E-state index contributed by atoms with van der Waals surface area (Å²) in [6.07, 6.45) is -0.438. The first-order valence-electron chi connectivity index (χ1n) is 4.42. The van der Waals surface area contributed by atoms with E-state index in [0.717, 1.165) is 0 Å². The molecule has 1 amide bonds. The molecule has 0 heterocycles. The molecule has 0 aromatic rings. The number of rotatable bonds is 3. The van der Waals surface area contributed by atoms with Crippen molar-refractivity contribution in [2.45, 2.75) is 44.4 Å². The Morgan fingerprint density at radius 1 is 1.40 bits per heavy atom. The van der Waals surface area contributed by atoms with Crippen molar-refractivity contribution in [1.29, 1.82) is 0 Å². The number of alkyl carbamates (subject to hydrolysis) is 1. The zero-order chi connectivity index (χ0) is 11.4. The van der Waals surface area contributed by atoms with Crippen LogP contribution in [0.15, 0.2) is 0 Å². The third-order valence-corrected chi connectivity index (χ3v) is 2.53. The molecule has 0 aliphatic carbocycles. The number of hydrogen-bond donors (Lipinski definition) is 1. The number of alkyl halides is 1. The van der Waals surface area contributed by atoms with Crippen LogP contribution in [-0.2, 0) is 29.0 Å². The number of ether oxygens (including phenoxy) is 2. The van der Waals surface area contributed by atoms with Crippen LogP contribution in [0.2, 0.25) is 0 Å². The molecule has 0 spiro atoms. The summed E-state index contributed by atoms with van der Waals surface area (Å²) in [5.41, 5.74) is -0.474. The van der Waals surface area contributed by atoms with Crippen molar-refractivity contribution in [2.75, 3.05) is 7.11 Å². The molecule has 1 unspecified atom stereocenters. The summed E-state index contributed by atoms with van der Waals surface area (Å²) < 4.78 is 10.1. The van der Waals surface area contributed by atoms with Gasteiger partial charge in [0.2, 0.25) is 0 Å². The van der Waals surface area contributed by atoms with Crippen LogP contribution in [0.4, 0.5) is 4.79 Å². The number of hydrogen-bond acceptors (Lipinski definition) is 3. The molecule has 15 heavy (non-hydrogen) atoms. The summed E-state index contributed by atoms with van der Waals surface area (Å²) in [5.74, 6) is 0. The van der Waals surface area contributed by atoms with Crippen molar-refractivity contribution < 1.29 is 33.7 Å². The molecule has 6 heteroatoms. The van der Waals surface area contributed by atoms with E-state index in [4.69, 9.17) is 9.47 Å². The van der Waals surface area contributed by atoms with Crippen LogP contribution in [0, 0.1) is 0 Å². The maximum Gasteiger partial charge on any atom is 0.407 e. The van der Waals surface area contributed by atoms with E-state index in [9.17, 15) is 4.79 Å². The van der Waals surface area contributed by atoms with Gasteiger partial charge >= 0.3 is 6.09 Å². The molecule has 0 bridgehead atoms. The molecule has 0 radical (unpaired) electrons. The predicted molar refractivity (Wildman–Crippen MR) is 58.6 cm³/mol. The van der Waals surface area contributed by atoms with Gasteiger partial charge in [-0.05, 0) is 27.7 Å². The molecule has 0 aromatic heterocycles. The van der Waals surface area contributed by atoms with Crippen LogP contribution in [0.1, 0.15) is 27.7 Å². The molecule has 4 nitrogen and oxygen atoms in total. The number of nitrogens with one attached hydrogen (secondary N) is 1. The zero-order valence-corrected chi connectivity index (χ0v) is 14.5. The molecule has 0 aliphatic rings. The van der Waals surface area contributed by atoms with Crippen LogP contribution in [0.25, 0.3) is 0 Å². The van der Waals surface area contributed by atoms with Crippen LogP contribution in [-0.4, -0.2) is 29.9 Å². The standard InChI is InChI=1S/C9H18BrNO3.Zn/c1-6(7(10)13-5)11-8(12)14-9(2,3)4;/h6-7H,1-5H3,(H,11,12);/t6-,7?;/m0./s1. The maximum absolute atomic E-state index is 11.3. The van der Waals surface area contributed by atoms with Crippen LogP contribution >= 0.6 is 15.9 Å². The minimum atomic E-state index is -0.474. The van der Waals surface area contributed by atoms with Crippen LogP contribution < -0.4 is 5.32 Å². The van der Waals surface area contributed by atoms with Gasteiger partial charge in [-0.3, -0.25) is 0 Å². The molecule has 86 valence electrons. The quantitative estimate of drug-likeness (QED) is 0.637. The number of carbonyl (C=O) groups excluding carboxylic acids is 1. The Morgan fingerprint density at radius 2 is 1.87 bits per heavy atom. The average molecular weight is 334 g/mol. The van der Waals surface area contributed by atoms with E-state index in [1.807, 2.05) is 27.7 Å². The van der Waals surface area contributed by atoms with Gasteiger partial charge in [0.25, 0.3) is 0 Å². The molecular weight excluding hydrogens is 315 g/mol. The Hall–Kier alpha value is 0.333. The van der Waals surface area contributed by atoms with Crippen molar-refractivity contribution in [3.63, 3.8) is 0 Å². The fourth-order valence-corrected chi connectivity index (χ4v) is 0.895. The van der Waals surface area contributed by atoms with E-state index < -0.39 is 11.7 Å².